The normalized spacial score (nSPS) is 13.2. The van der Waals surface area contributed by atoms with Crippen LogP contribution in [0.2, 0.25) is 0 Å². The van der Waals surface area contributed by atoms with Gasteiger partial charge in [-0.25, -0.2) is 0 Å². The molecule has 0 N–H and O–H groups in total. The maximum absolute atomic E-state index is 14.2. The van der Waals surface area contributed by atoms with E-state index in [1.807, 2.05) is 133 Å². The summed E-state index contributed by atoms with van der Waals surface area (Å²) in [7, 11) is -8.55. The molecule has 0 amide bonds. The van der Waals surface area contributed by atoms with E-state index in [0.29, 0.717) is 19.6 Å². The van der Waals surface area contributed by atoms with Crippen LogP contribution in [0.4, 0.5) is 0 Å². The van der Waals surface area contributed by atoms with Gasteiger partial charge in [0.2, 0.25) is 0 Å². The molecule has 48 heavy (non-hydrogen) atoms. The van der Waals surface area contributed by atoms with Crippen molar-refractivity contribution in [3.8, 4) is 0 Å². The topological polar surface area (TPSA) is 86.7 Å². The van der Waals surface area contributed by atoms with Crippen molar-refractivity contribution in [3.63, 3.8) is 0 Å². The van der Waals surface area contributed by atoms with Crippen molar-refractivity contribution in [3.05, 3.63) is 172 Å². The predicted octanol–water partition coefficient (Wildman–Crippen LogP) is 10.0. The molecule has 0 aromatic heterocycles. The number of benzene rings is 6. The molecule has 0 radical (unpaired) electrons. The Morgan fingerprint density at radius 1 is 0.375 bits per heavy atom. The monoisotopic (exact) mass is 936 g/mol. The molecule has 1 aliphatic heterocycles. The summed E-state index contributed by atoms with van der Waals surface area (Å²) < 4.78 is 72.4. The molecule has 0 saturated heterocycles. The van der Waals surface area contributed by atoms with Gasteiger partial charge in [-0.1, -0.05) is 0 Å². The molecule has 6 nitrogen and oxygen atoms in total. The number of halogens is 2. The fraction of sp³-hybridized carbons (Fsp3) is 0. The molecule has 7 rings (SSSR count). The zero-order valence-electron chi connectivity index (χ0n) is 24.8. The summed E-state index contributed by atoms with van der Waals surface area (Å²) in [5.41, 5.74) is 0. The Kier molecular flexibility index (Phi) is 10.3. The summed E-state index contributed by atoms with van der Waals surface area (Å²) in [6, 6.07) is 47.8. The summed E-state index contributed by atoms with van der Waals surface area (Å²) in [5, 5.41) is 0. The van der Waals surface area contributed by atoms with Gasteiger partial charge in [-0.3, -0.25) is 0 Å². The summed E-state index contributed by atoms with van der Waals surface area (Å²) in [6.45, 7) is 0. The van der Waals surface area contributed by atoms with E-state index in [1.54, 1.807) is 12.1 Å². The van der Waals surface area contributed by atoms with E-state index in [0.717, 1.165) is 26.0 Å². The first-order chi connectivity index (χ1) is 23.3. The Labute approximate surface area is 304 Å². The average Bonchev–Trinajstić information content (AvgIpc) is 3.13. The van der Waals surface area contributed by atoms with Crippen LogP contribution in [0, 0.1) is 14.3 Å². The summed E-state index contributed by atoms with van der Waals surface area (Å²) in [4.78, 5) is 2.27. The van der Waals surface area contributed by atoms with E-state index >= 15 is 0 Å². The third-order valence-corrected chi connectivity index (χ3v) is 24.5. The van der Waals surface area contributed by atoms with Crippen molar-refractivity contribution in [1.29, 1.82) is 0 Å². The Morgan fingerprint density at radius 3 is 1.00 bits per heavy atom. The molecule has 0 fully saturated rings. The van der Waals surface area contributed by atoms with E-state index < -0.39 is 60.7 Å². The van der Waals surface area contributed by atoms with Crippen LogP contribution in [-0.4, -0.2) is 16.8 Å². The summed E-state index contributed by atoms with van der Waals surface area (Å²) >= 11 is -3.37. The molecule has 0 atom stereocenters. The van der Waals surface area contributed by atoms with E-state index in [1.165, 1.54) is 23.9 Å². The van der Waals surface area contributed by atoms with Gasteiger partial charge < -0.3 is 0 Å². The minimum absolute atomic E-state index is 0.00690. The van der Waals surface area contributed by atoms with Gasteiger partial charge in [-0.05, 0) is 0 Å². The number of fused-ring (bicyclic) bond motifs is 2. The molecule has 0 bridgehead atoms. The van der Waals surface area contributed by atoms with Crippen molar-refractivity contribution in [1.82, 2.24) is 0 Å². The zero-order valence-corrected chi connectivity index (χ0v) is 32.4. The second kappa shape index (κ2) is 14.6. The third kappa shape index (κ3) is 7.26. The van der Waals surface area contributed by atoms with Gasteiger partial charge in [0.05, 0.1) is 0 Å². The van der Waals surface area contributed by atoms with Crippen molar-refractivity contribution in [2.75, 3.05) is 0 Å². The third-order valence-electron chi connectivity index (χ3n) is 6.87. The first-order valence-electron chi connectivity index (χ1n) is 14.4. The molecule has 12 heteroatoms. The Morgan fingerprint density at radius 2 is 0.688 bits per heavy atom. The molecule has 244 valence electrons. The average molecular weight is 937 g/mol. The van der Waals surface area contributed by atoms with Gasteiger partial charge in [0, 0.05) is 0 Å². The van der Waals surface area contributed by atoms with Crippen LogP contribution >= 0.6 is 64.0 Å². The molecule has 6 aromatic carbocycles. The van der Waals surface area contributed by atoms with Crippen LogP contribution in [0.15, 0.2) is 187 Å². The Hall–Kier alpha value is -2.70. The molecular formula is C36H26I2O6S4. The molecule has 0 aliphatic carbocycles. The van der Waals surface area contributed by atoms with Crippen LogP contribution in [0.1, 0.15) is 0 Å². The zero-order chi connectivity index (χ0) is 33.1. The van der Waals surface area contributed by atoms with Gasteiger partial charge in [0.15, 0.2) is 0 Å². The van der Waals surface area contributed by atoms with Gasteiger partial charge in [-0.15, -0.1) is 0 Å². The van der Waals surface area contributed by atoms with Crippen LogP contribution in [0.25, 0.3) is 0 Å². The quantitative estimate of drug-likeness (QED) is 0.125. The molecule has 0 unspecified atom stereocenters. The second-order valence-electron chi connectivity index (χ2n) is 10.1. The Bertz CT molecular complexity index is 2030. The maximum atomic E-state index is 14.2. The van der Waals surface area contributed by atoms with Gasteiger partial charge in [0.25, 0.3) is 0 Å². The fourth-order valence-corrected chi connectivity index (χ4v) is 22.1. The summed E-state index contributed by atoms with van der Waals surface area (Å²) in [5.74, 6) is 0. The SMILES string of the molecule is O=S(=O)(OI(c1ccccc1)c1ccccc1)c1cccc2c1Sc1c(cccc1S(=O)(=O)OI(c1ccccc1)c1ccccc1)S2. The van der Waals surface area contributed by atoms with Gasteiger partial charge >= 0.3 is 307 Å². The van der Waals surface area contributed by atoms with Crippen LogP contribution < -0.4 is 0 Å². The van der Waals surface area contributed by atoms with E-state index in [2.05, 4.69) is 0 Å². The standard InChI is InChI=1S/C36H26I2O6S4/c39-47(40,43-37(27-15-5-1-6-16-27)28-17-7-2-8-18-28)33-25-13-23-31-35(33)46-36-32(45-31)24-14-26-34(36)48(41,42)44-38(29-19-9-3-10-20-29)30-21-11-4-12-22-30/h1-26H. The van der Waals surface area contributed by atoms with E-state index in [4.69, 9.17) is 5.03 Å². The number of hydrogen-bond acceptors (Lipinski definition) is 8. The van der Waals surface area contributed by atoms with Gasteiger partial charge in [0.1, 0.15) is 0 Å². The van der Waals surface area contributed by atoms with Crippen molar-refractivity contribution < 1.29 is 21.9 Å². The molecular weight excluding hydrogens is 910 g/mol. The van der Waals surface area contributed by atoms with E-state index in [9.17, 15) is 16.8 Å². The summed E-state index contributed by atoms with van der Waals surface area (Å²) in [6.07, 6.45) is 0. The molecule has 0 saturated carbocycles. The number of rotatable bonds is 10. The van der Waals surface area contributed by atoms with Crippen LogP contribution in [0.3, 0.4) is 0 Å². The van der Waals surface area contributed by atoms with E-state index in [-0.39, 0.29) is 9.79 Å². The van der Waals surface area contributed by atoms with Crippen molar-refractivity contribution >= 4 is 84.2 Å². The van der Waals surface area contributed by atoms with Crippen molar-refractivity contribution in [2.45, 2.75) is 29.4 Å². The first-order valence-corrected chi connectivity index (χ1v) is 24.9. The number of hydrogen-bond donors (Lipinski definition) is 0. The molecule has 1 aliphatic rings. The molecule has 1 heterocycles. The molecule has 0 spiro atoms. The predicted molar refractivity (Wildman–Crippen MR) is 206 cm³/mol. The second-order valence-corrected chi connectivity index (χ2v) is 25.1. The molecule has 6 aromatic rings. The van der Waals surface area contributed by atoms with Crippen molar-refractivity contribution in [2.24, 2.45) is 0 Å². The van der Waals surface area contributed by atoms with Gasteiger partial charge in [-0.2, -0.15) is 0 Å². The van der Waals surface area contributed by atoms with Crippen LogP contribution in [0.5, 0.6) is 0 Å². The fourth-order valence-electron chi connectivity index (χ4n) is 4.72. The first kappa shape index (κ1) is 33.8. The minimum atomic E-state index is -4.28. The van der Waals surface area contributed by atoms with Crippen LogP contribution in [-0.2, 0) is 25.3 Å². The Balaban J connectivity index is 1.25.